The quantitative estimate of drug-likeness (QED) is 0.879. The highest BCUT2D eigenvalue weighted by Gasteiger charge is 2.19. The zero-order valence-electron chi connectivity index (χ0n) is 10.0. The highest BCUT2D eigenvalue weighted by Crippen LogP contribution is 2.26. The Labute approximate surface area is 105 Å². The van der Waals surface area contributed by atoms with Crippen molar-refractivity contribution in [1.29, 1.82) is 0 Å². The summed E-state index contributed by atoms with van der Waals surface area (Å²) in [6.45, 7) is 2.05. The van der Waals surface area contributed by atoms with Crippen molar-refractivity contribution in [2.24, 2.45) is 0 Å². The summed E-state index contributed by atoms with van der Waals surface area (Å²) in [6, 6.07) is 1.49. The van der Waals surface area contributed by atoms with Crippen molar-refractivity contribution < 1.29 is 4.39 Å². The van der Waals surface area contributed by atoms with E-state index in [9.17, 15) is 4.39 Å². The van der Waals surface area contributed by atoms with E-state index in [1.165, 1.54) is 12.3 Å². The van der Waals surface area contributed by atoms with Crippen LogP contribution in [0.1, 0.15) is 24.5 Å². The van der Waals surface area contributed by atoms with Crippen molar-refractivity contribution in [3.05, 3.63) is 42.5 Å². The first-order valence-electron chi connectivity index (χ1n) is 6.18. The average Bonchev–Trinajstić information content (AvgIpc) is 2.89. The fourth-order valence-electron chi connectivity index (χ4n) is 2.47. The Kier molecular flexibility index (Phi) is 3.06. The number of piperidine rings is 1. The lowest BCUT2D eigenvalue weighted by Crippen LogP contribution is -2.27. The Morgan fingerprint density at radius 2 is 2.00 bits per heavy atom. The summed E-state index contributed by atoms with van der Waals surface area (Å²) < 4.78 is 15.2. The molecule has 0 bridgehead atoms. The van der Waals surface area contributed by atoms with Crippen molar-refractivity contribution in [3.63, 3.8) is 0 Å². The molecule has 0 saturated carbocycles. The number of halogens is 1. The van der Waals surface area contributed by atoms with E-state index in [-0.39, 0.29) is 5.82 Å². The maximum absolute atomic E-state index is 13.2. The number of imidazole rings is 1. The van der Waals surface area contributed by atoms with Crippen LogP contribution in [0.25, 0.3) is 5.69 Å². The predicted molar refractivity (Wildman–Crippen MR) is 66.2 cm³/mol. The first-order chi connectivity index (χ1) is 8.84. The molecule has 2 aromatic rings. The number of nitrogens with one attached hydrogen (secondary N) is 1. The van der Waals surface area contributed by atoms with Crippen LogP contribution in [0.5, 0.6) is 0 Å². The van der Waals surface area contributed by atoms with E-state index in [1.807, 2.05) is 10.8 Å². The lowest BCUT2D eigenvalue weighted by atomic mass is 9.95. The highest BCUT2D eigenvalue weighted by molar-refractivity contribution is 5.32. The summed E-state index contributed by atoms with van der Waals surface area (Å²) >= 11 is 0. The minimum atomic E-state index is -0.322. The monoisotopic (exact) mass is 246 g/mol. The summed E-state index contributed by atoms with van der Waals surface area (Å²) in [5.74, 6) is 0.162. The van der Waals surface area contributed by atoms with Crippen LogP contribution in [0.4, 0.5) is 4.39 Å². The topological polar surface area (TPSA) is 42.7 Å². The molecule has 18 heavy (non-hydrogen) atoms. The Balaban J connectivity index is 1.95. The first-order valence-corrected chi connectivity index (χ1v) is 6.18. The van der Waals surface area contributed by atoms with E-state index >= 15 is 0 Å². The molecule has 5 heteroatoms. The Bertz CT molecular complexity index is 531. The number of aromatic nitrogens is 3. The van der Waals surface area contributed by atoms with Gasteiger partial charge in [-0.25, -0.2) is 9.37 Å². The molecule has 0 spiro atoms. The molecular formula is C13H15FN4. The molecule has 0 unspecified atom stereocenters. The van der Waals surface area contributed by atoms with Gasteiger partial charge in [-0.15, -0.1) is 0 Å². The first kappa shape index (κ1) is 11.3. The Morgan fingerprint density at radius 3 is 2.78 bits per heavy atom. The lowest BCUT2D eigenvalue weighted by molar-refractivity contribution is 0.449. The third-order valence-electron chi connectivity index (χ3n) is 3.39. The van der Waals surface area contributed by atoms with Gasteiger partial charge in [-0.2, -0.15) is 0 Å². The third kappa shape index (κ3) is 2.13. The van der Waals surface area contributed by atoms with Crippen LogP contribution in [0.3, 0.4) is 0 Å². The van der Waals surface area contributed by atoms with E-state index in [4.69, 9.17) is 0 Å². The summed E-state index contributed by atoms with van der Waals surface area (Å²) in [5.41, 5.74) is 1.88. The molecule has 0 aliphatic carbocycles. The van der Waals surface area contributed by atoms with Crippen LogP contribution >= 0.6 is 0 Å². The minimum Gasteiger partial charge on any atom is -0.317 e. The van der Waals surface area contributed by atoms with Crippen LogP contribution < -0.4 is 5.32 Å². The highest BCUT2D eigenvalue weighted by atomic mass is 19.1. The van der Waals surface area contributed by atoms with Gasteiger partial charge in [0.1, 0.15) is 5.82 Å². The van der Waals surface area contributed by atoms with E-state index < -0.39 is 0 Å². The van der Waals surface area contributed by atoms with E-state index in [0.29, 0.717) is 5.92 Å². The molecule has 1 aliphatic heterocycles. The summed E-state index contributed by atoms with van der Waals surface area (Å²) in [7, 11) is 0. The zero-order valence-corrected chi connectivity index (χ0v) is 10.0. The molecule has 0 atom stereocenters. The molecule has 1 aliphatic rings. The smallest absolute Gasteiger partial charge is 0.143 e. The number of hydrogen-bond acceptors (Lipinski definition) is 3. The maximum atomic E-state index is 13.2. The summed E-state index contributed by atoms with van der Waals surface area (Å²) in [5, 5.41) is 3.34. The number of rotatable bonds is 2. The molecule has 94 valence electrons. The van der Waals surface area contributed by atoms with Gasteiger partial charge >= 0.3 is 0 Å². The molecule has 4 nitrogen and oxygen atoms in total. The predicted octanol–water partition coefficient (Wildman–Crippen LogP) is 1.87. The van der Waals surface area contributed by atoms with Crippen molar-refractivity contribution in [2.45, 2.75) is 18.8 Å². The molecule has 0 amide bonds. The van der Waals surface area contributed by atoms with Gasteiger partial charge in [0.25, 0.3) is 0 Å². The van der Waals surface area contributed by atoms with Gasteiger partial charge in [-0.05, 0) is 25.9 Å². The number of pyridine rings is 1. The van der Waals surface area contributed by atoms with Gasteiger partial charge in [0, 0.05) is 23.9 Å². The molecule has 0 aromatic carbocycles. The zero-order chi connectivity index (χ0) is 12.4. The molecular weight excluding hydrogens is 231 g/mol. The molecule has 2 aromatic heterocycles. The molecule has 0 radical (unpaired) electrons. The fourth-order valence-corrected chi connectivity index (χ4v) is 2.47. The van der Waals surface area contributed by atoms with Crippen LogP contribution in [0.15, 0.2) is 31.0 Å². The molecule has 1 fully saturated rings. The Hall–Kier alpha value is -1.75. The van der Waals surface area contributed by atoms with E-state index in [0.717, 1.165) is 37.3 Å². The average molecular weight is 246 g/mol. The van der Waals surface area contributed by atoms with Crippen LogP contribution in [-0.4, -0.2) is 27.6 Å². The number of hydrogen-bond donors (Lipinski definition) is 1. The largest absolute Gasteiger partial charge is 0.317 e. The second kappa shape index (κ2) is 4.86. The number of nitrogens with zero attached hydrogens (tertiary/aromatic N) is 3. The van der Waals surface area contributed by atoms with Gasteiger partial charge < -0.3 is 9.88 Å². The normalized spacial score (nSPS) is 16.9. The lowest BCUT2D eigenvalue weighted by Gasteiger charge is -2.23. The van der Waals surface area contributed by atoms with Gasteiger partial charge in [0.2, 0.25) is 0 Å². The minimum absolute atomic E-state index is 0.322. The molecule has 1 saturated heterocycles. The van der Waals surface area contributed by atoms with E-state index in [1.54, 1.807) is 12.5 Å². The maximum Gasteiger partial charge on any atom is 0.143 e. The Morgan fingerprint density at radius 1 is 1.17 bits per heavy atom. The van der Waals surface area contributed by atoms with Gasteiger partial charge in [0.05, 0.1) is 24.4 Å². The molecule has 3 heterocycles. The van der Waals surface area contributed by atoms with Crippen molar-refractivity contribution in [1.82, 2.24) is 19.9 Å². The van der Waals surface area contributed by atoms with Crippen LogP contribution in [0.2, 0.25) is 0 Å². The van der Waals surface area contributed by atoms with E-state index in [2.05, 4.69) is 15.3 Å². The SMILES string of the molecule is Fc1cncc(-n2cncc2C2CCNCC2)c1. The molecule has 3 rings (SSSR count). The van der Waals surface area contributed by atoms with Crippen LogP contribution in [-0.2, 0) is 0 Å². The van der Waals surface area contributed by atoms with Crippen molar-refractivity contribution in [3.8, 4) is 5.69 Å². The van der Waals surface area contributed by atoms with Crippen molar-refractivity contribution in [2.75, 3.05) is 13.1 Å². The standard InChI is InChI=1S/C13H15FN4/c14-11-5-12(7-16-6-11)18-9-17-8-13(18)10-1-3-15-4-2-10/h5-10,15H,1-4H2. The second-order valence-electron chi connectivity index (χ2n) is 4.57. The van der Waals surface area contributed by atoms with Gasteiger partial charge in [0.15, 0.2) is 0 Å². The second-order valence-corrected chi connectivity index (χ2v) is 4.57. The third-order valence-corrected chi connectivity index (χ3v) is 3.39. The fraction of sp³-hybridized carbons (Fsp3) is 0.385. The summed E-state index contributed by atoms with van der Waals surface area (Å²) in [4.78, 5) is 8.09. The van der Waals surface area contributed by atoms with Gasteiger partial charge in [-0.1, -0.05) is 0 Å². The van der Waals surface area contributed by atoms with Crippen molar-refractivity contribution >= 4 is 0 Å². The summed E-state index contributed by atoms with van der Waals surface area (Å²) in [6.07, 6.45) is 8.66. The molecule has 1 N–H and O–H groups in total. The van der Waals surface area contributed by atoms with Crippen LogP contribution in [0, 0.1) is 5.82 Å². The van der Waals surface area contributed by atoms with Gasteiger partial charge in [-0.3, -0.25) is 4.98 Å².